The Morgan fingerprint density at radius 1 is 1.16 bits per heavy atom. The minimum atomic E-state index is -4.74. The largest absolute Gasteiger partial charge is 0.573 e. The molecule has 11 heteroatoms. The number of thiophene rings is 2. The van der Waals surface area contributed by atoms with Gasteiger partial charge in [0.15, 0.2) is 0 Å². The molecule has 3 aromatic heterocycles. The van der Waals surface area contributed by atoms with E-state index in [1.54, 1.807) is 0 Å². The number of rotatable bonds is 7. The number of alkyl halides is 3. The van der Waals surface area contributed by atoms with Crippen LogP contribution in [-0.4, -0.2) is 28.4 Å². The predicted octanol–water partition coefficient (Wildman–Crippen LogP) is 4.44. The number of amides is 1. The van der Waals surface area contributed by atoms with Crippen molar-refractivity contribution in [1.82, 2.24) is 14.9 Å². The monoisotopic (exact) mass is 479 g/mol. The number of halogens is 3. The van der Waals surface area contributed by atoms with E-state index in [1.165, 1.54) is 57.8 Å². The van der Waals surface area contributed by atoms with Crippen molar-refractivity contribution in [2.24, 2.45) is 0 Å². The van der Waals surface area contributed by atoms with E-state index in [1.807, 2.05) is 22.9 Å². The molecule has 0 aliphatic rings. The van der Waals surface area contributed by atoms with Crippen LogP contribution in [0.3, 0.4) is 0 Å². The van der Waals surface area contributed by atoms with Gasteiger partial charge in [0.1, 0.15) is 17.1 Å². The van der Waals surface area contributed by atoms with E-state index in [0.717, 1.165) is 16.0 Å². The van der Waals surface area contributed by atoms with E-state index in [2.05, 4.69) is 15.0 Å². The summed E-state index contributed by atoms with van der Waals surface area (Å²) in [7, 11) is 0. The molecule has 1 aromatic carbocycles. The second-order valence-electron chi connectivity index (χ2n) is 6.78. The van der Waals surface area contributed by atoms with Gasteiger partial charge in [0.05, 0.1) is 11.7 Å². The third-order valence-corrected chi connectivity index (χ3v) is 6.34. The van der Waals surface area contributed by atoms with Crippen LogP contribution in [-0.2, 0) is 17.8 Å². The van der Waals surface area contributed by atoms with E-state index in [-0.39, 0.29) is 30.3 Å². The standard InChI is InChI=1S/C21H16F3N3O3S2/c22-21(23,24)30-14-5-3-13(4-6-14)7-8-25-17(28)10-27-12-26-19-18(20(27)29)15(11-32-19)16-2-1-9-31-16/h1-6,9,11-12H,7-8,10H2,(H,25,28). The lowest BCUT2D eigenvalue weighted by Crippen LogP contribution is -2.33. The maximum atomic E-state index is 12.9. The summed E-state index contributed by atoms with van der Waals surface area (Å²) in [6.45, 7) is 0.0848. The maximum absolute atomic E-state index is 12.9. The van der Waals surface area contributed by atoms with Gasteiger partial charge in [-0.15, -0.1) is 35.8 Å². The van der Waals surface area contributed by atoms with Crippen molar-refractivity contribution >= 4 is 38.8 Å². The number of nitrogens with zero attached hydrogens (tertiary/aromatic N) is 2. The normalized spacial score (nSPS) is 11.6. The molecule has 0 saturated carbocycles. The number of aromatic nitrogens is 2. The molecule has 0 aliphatic heterocycles. The minimum absolute atomic E-state index is 0.181. The van der Waals surface area contributed by atoms with Crippen molar-refractivity contribution < 1.29 is 22.7 Å². The van der Waals surface area contributed by atoms with Gasteiger partial charge in [-0.3, -0.25) is 14.2 Å². The summed E-state index contributed by atoms with van der Waals surface area (Å²) < 4.78 is 41.7. The van der Waals surface area contributed by atoms with Gasteiger partial charge in [-0.1, -0.05) is 18.2 Å². The quantitative estimate of drug-likeness (QED) is 0.425. The summed E-state index contributed by atoms with van der Waals surface area (Å²) in [4.78, 5) is 31.1. The van der Waals surface area contributed by atoms with Gasteiger partial charge in [-0.05, 0) is 35.6 Å². The molecule has 3 heterocycles. The first-order valence-electron chi connectivity index (χ1n) is 9.42. The zero-order valence-electron chi connectivity index (χ0n) is 16.4. The molecule has 6 nitrogen and oxygen atoms in total. The molecule has 0 bridgehead atoms. The van der Waals surface area contributed by atoms with Crippen molar-refractivity contribution in [3.8, 4) is 16.2 Å². The molecule has 0 spiro atoms. The van der Waals surface area contributed by atoms with E-state index in [4.69, 9.17) is 0 Å². The first-order valence-corrected chi connectivity index (χ1v) is 11.2. The first-order chi connectivity index (χ1) is 15.3. The van der Waals surface area contributed by atoms with Crippen molar-refractivity contribution in [3.63, 3.8) is 0 Å². The summed E-state index contributed by atoms with van der Waals surface area (Å²) in [5, 5.41) is 7.02. The molecule has 0 fully saturated rings. The van der Waals surface area contributed by atoms with Gasteiger partial charge in [-0.25, -0.2) is 4.98 Å². The van der Waals surface area contributed by atoms with Crippen LogP contribution in [0, 0.1) is 0 Å². The fraction of sp³-hybridized carbons (Fsp3) is 0.190. The number of nitrogens with one attached hydrogen (secondary N) is 1. The topological polar surface area (TPSA) is 73.2 Å². The highest BCUT2D eigenvalue weighted by Gasteiger charge is 2.30. The molecule has 0 atom stereocenters. The number of carbonyl (C=O) groups excluding carboxylic acids is 1. The average molecular weight is 480 g/mol. The molecule has 0 unspecified atom stereocenters. The first kappa shape index (κ1) is 22.0. The maximum Gasteiger partial charge on any atom is 0.573 e. The van der Waals surface area contributed by atoms with E-state index in [0.29, 0.717) is 16.6 Å². The highest BCUT2D eigenvalue weighted by atomic mass is 32.1. The van der Waals surface area contributed by atoms with Gasteiger partial charge in [-0.2, -0.15) is 0 Å². The van der Waals surface area contributed by atoms with Crippen LogP contribution in [0.25, 0.3) is 20.7 Å². The van der Waals surface area contributed by atoms with Crippen LogP contribution in [0.5, 0.6) is 5.75 Å². The highest BCUT2D eigenvalue weighted by Crippen LogP contribution is 2.33. The Morgan fingerprint density at radius 2 is 1.94 bits per heavy atom. The number of hydrogen-bond acceptors (Lipinski definition) is 6. The Labute approximate surface area is 187 Å². The Bertz CT molecular complexity index is 1280. The fourth-order valence-electron chi connectivity index (χ4n) is 3.11. The van der Waals surface area contributed by atoms with Crippen LogP contribution in [0.4, 0.5) is 13.2 Å². The summed E-state index contributed by atoms with van der Waals surface area (Å²) in [5.41, 5.74) is 1.26. The SMILES string of the molecule is O=C(Cn1cnc2scc(-c3cccs3)c2c1=O)NCCc1ccc(OC(F)(F)F)cc1. The van der Waals surface area contributed by atoms with Crippen molar-refractivity contribution in [2.75, 3.05) is 6.54 Å². The Kier molecular flexibility index (Phi) is 6.28. The molecule has 1 amide bonds. The number of hydrogen-bond donors (Lipinski definition) is 1. The lowest BCUT2D eigenvalue weighted by Gasteiger charge is -2.10. The van der Waals surface area contributed by atoms with Crippen LogP contribution in [0.1, 0.15) is 5.56 Å². The zero-order valence-corrected chi connectivity index (χ0v) is 18.0. The molecule has 1 N–H and O–H groups in total. The van der Waals surface area contributed by atoms with Gasteiger partial charge in [0.25, 0.3) is 5.56 Å². The molecule has 4 aromatic rings. The van der Waals surface area contributed by atoms with Gasteiger partial charge < -0.3 is 10.1 Å². The number of carbonyl (C=O) groups is 1. The van der Waals surface area contributed by atoms with Crippen LogP contribution in [0.2, 0.25) is 0 Å². The Hall–Kier alpha value is -3.18. The fourth-order valence-corrected chi connectivity index (χ4v) is 4.83. The molecule has 32 heavy (non-hydrogen) atoms. The summed E-state index contributed by atoms with van der Waals surface area (Å²) in [6, 6.07) is 9.27. The van der Waals surface area contributed by atoms with Crippen molar-refractivity contribution in [1.29, 1.82) is 0 Å². The summed E-state index contributed by atoms with van der Waals surface area (Å²) in [5.74, 6) is -0.666. The Balaban J connectivity index is 1.37. The summed E-state index contributed by atoms with van der Waals surface area (Å²) in [6.07, 6.45) is -2.96. The molecule has 4 rings (SSSR count). The molecular formula is C21H16F3N3O3S2. The minimum Gasteiger partial charge on any atom is -0.406 e. The second-order valence-corrected chi connectivity index (χ2v) is 8.58. The molecule has 0 radical (unpaired) electrons. The smallest absolute Gasteiger partial charge is 0.406 e. The summed E-state index contributed by atoms with van der Waals surface area (Å²) >= 11 is 2.90. The third kappa shape index (κ3) is 5.17. The van der Waals surface area contributed by atoms with Crippen molar-refractivity contribution in [2.45, 2.75) is 19.3 Å². The van der Waals surface area contributed by atoms with E-state index < -0.39 is 6.36 Å². The number of benzene rings is 1. The molecule has 0 aliphatic carbocycles. The third-order valence-electron chi connectivity index (χ3n) is 4.55. The van der Waals surface area contributed by atoms with Crippen LogP contribution < -0.4 is 15.6 Å². The van der Waals surface area contributed by atoms with E-state index in [9.17, 15) is 22.8 Å². The average Bonchev–Trinajstić information content (AvgIpc) is 3.40. The zero-order chi connectivity index (χ0) is 22.7. The Morgan fingerprint density at radius 3 is 2.62 bits per heavy atom. The predicted molar refractivity (Wildman–Crippen MR) is 117 cm³/mol. The highest BCUT2D eigenvalue weighted by molar-refractivity contribution is 7.18. The lowest BCUT2D eigenvalue weighted by atomic mass is 10.1. The molecule has 166 valence electrons. The van der Waals surface area contributed by atoms with Gasteiger partial charge in [0, 0.05) is 22.4 Å². The van der Waals surface area contributed by atoms with Crippen molar-refractivity contribution in [3.05, 3.63) is 69.4 Å². The second kappa shape index (κ2) is 9.13. The number of fused-ring (bicyclic) bond motifs is 1. The molecular weight excluding hydrogens is 463 g/mol. The van der Waals surface area contributed by atoms with Crippen LogP contribution in [0.15, 0.2) is 58.3 Å². The van der Waals surface area contributed by atoms with E-state index >= 15 is 0 Å². The van der Waals surface area contributed by atoms with Gasteiger partial charge in [0.2, 0.25) is 5.91 Å². The van der Waals surface area contributed by atoms with Crippen LogP contribution >= 0.6 is 22.7 Å². The number of ether oxygens (including phenoxy) is 1. The lowest BCUT2D eigenvalue weighted by molar-refractivity contribution is -0.274. The van der Waals surface area contributed by atoms with Gasteiger partial charge >= 0.3 is 6.36 Å². The molecule has 0 saturated heterocycles.